The van der Waals surface area contributed by atoms with Gasteiger partial charge in [-0.2, -0.15) is 5.10 Å². The molecule has 1 amide bonds. The van der Waals surface area contributed by atoms with Gasteiger partial charge in [0.05, 0.1) is 6.54 Å². The minimum absolute atomic E-state index is 0.0330. The number of carbonyl (C=O) groups is 1. The van der Waals surface area contributed by atoms with E-state index in [2.05, 4.69) is 25.2 Å². The molecule has 2 aromatic rings. The smallest absolute Gasteiger partial charge is 0.245 e. The zero-order chi connectivity index (χ0) is 16.1. The Bertz CT molecular complexity index is 614. The van der Waals surface area contributed by atoms with E-state index in [4.69, 9.17) is 0 Å². The number of nitrogens with zero attached hydrogens (tertiary/aromatic N) is 5. The Kier molecular flexibility index (Phi) is 5.05. The normalized spacial score (nSPS) is 17.1. The van der Waals surface area contributed by atoms with Crippen LogP contribution >= 0.6 is 0 Å². The molecule has 0 saturated heterocycles. The molecule has 0 aliphatic heterocycles. The largest absolute Gasteiger partial charge is 0.347 e. The van der Waals surface area contributed by atoms with Gasteiger partial charge in [-0.3, -0.25) is 9.48 Å². The van der Waals surface area contributed by atoms with Crippen LogP contribution in [0.2, 0.25) is 0 Å². The summed E-state index contributed by atoms with van der Waals surface area (Å²) in [6.07, 6.45) is 12.2. The second kappa shape index (κ2) is 7.39. The van der Waals surface area contributed by atoms with Gasteiger partial charge in [-0.25, -0.2) is 0 Å². The third-order valence-corrected chi connectivity index (χ3v) is 4.57. The van der Waals surface area contributed by atoms with Crippen molar-refractivity contribution < 1.29 is 4.79 Å². The fourth-order valence-electron chi connectivity index (χ4n) is 3.30. The summed E-state index contributed by atoms with van der Waals surface area (Å²) in [6, 6.07) is 2.02. The van der Waals surface area contributed by atoms with Crippen LogP contribution in [0.1, 0.15) is 63.4 Å². The summed E-state index contributed by atoms with van der Waals surface area (Å²) >= 11 is 0. The van der Waals surface area contributed by atoms with E-state index in [1.54, 1.807) is 17.2 Å². The van der Waals surface area contributed by atoms with E-state index in [0.29, 0.717) is 19.0 Å². The van der Waals surface area contributed by atoms with Gasteiger partial charge in [-0.1, -0.05) is 26.2 Å². The van der Waals surface area contributed by atoms with Crippen LogP contribution in [0.4, 0.5) is 0 Å². The van der Waals surface area contributed by atoms with Gasteiger partial charge >= 0.3 is 0 Å². The number of rotatable bonds is 6. The molecule has 1 atom stereocenters. The van der Waals surface area contributed by atoms with Gasteiger partial charge in [0.1, 0.15) is 12.4 Å². The van der Waals surface area contributed by atoms with E-state index < -0.39 is 0 Å². The summed E-state index contributed by atoms with van der Waals surface area (Å²) in [5, 5.41) is 15.4. The van der Waals surface area contributed by atoms with E-state index >= 15 is 0 Å². The van der Waals surface area contributed by atoms with Crippen LogP contribution in [0, 0.1) is 0 Å². The first-order chi connectivity index (χ1) is 11.3. The molecular formula is C16H24N6O. The molecule has 23 heavy (non-hydrogen) atoms. The molecule has 0 aromatic carbocycles. The van der Waals surface area contributed by atoms with Crippen molar-refractivity contribution in [3.8, 4) is 0 Å². The van der Waals surface area contributed by atoms with Crippen molar-refractivity contribution in [3.63, 3.8) is 0 Å². The van der Waals surface area contributed by atoms with Gasteiger partial charge in [0, 0.05) is 18.4 Å². The molecule has 124 valence electrons. The first kappa shape index (κ1) is 15.7. The van der Waals surface area contributed by atoms with Gasteiger partial charge in [0.25, 0.3) is 0 Å². The van der Waals surface area contributed by atoms with Crippen molar-refractivity contribution in [2.75, 3.05) is 0 Å². The van der Waals surface area contributed by atoms with Crippen LogP contribution in [0.3, 0.4) is 0 Å². The average Bonchev–Trinajstić information content (AvgIpc) is 3.26. The zero-order valence-corrected chi connectivity index (χ0v) is 13.6. The summed E-state index contributed by atoms with van der Waals surface area (Å²) in [7, 11) is 0. The summed E-state index contributed by atoms with van der Waals surface area (Å²) in [6.45, 7) is 2.39. The lowest BCUT2D eigenvalue weighted by molar-refractivity contribution is -0.124. The van der Waals surface area contributed by atoms with Crippen molar-refractivity contribution in [1.82, 2.24) is 29.9 Å². The second-order valence-electron chi connectivity index (χ2n) is 6.07. The summed E-state index contributed by atoms with van der Waals surface area (Å²) in [5.74, 6) is 0.801. The first-order valence-electron chi connectivity index (χ1n) is 8.44. The molecule has 1 N–H and O–H groups in total. The lowest BCUT2D eigenvalue weighted by atomic mass is 9.95. The fraction of sp³-hybridized carbons (Fsp3) is 0.625. The summed E-state index contributed by atoms with van der Waals surface area (Å²) < 4.78 is 3.83. The molecule has 1 aliphatic carbocycles. The molecule has 7 heteroatoms. The van der Waals surface area contributed by atoms with Crippen LogP contribution < -0.4 is 5.32 Å². The molecule has 0 bridgehead atoms. The lowest BCUT2D eigenvalue weighted by Gasteiger charge is -2.24. The minimum Gasteiger partial charge on any atom is -0.347 e. The van der Waals surface area contributed by atoms with E-state index in [1.807, 2.05) is 19.2 Å². The van der Waals surface area contributed by atoms with Gasteiger partial charge in [0.2, 0.25) is 5.91 Å². The predicted octanol–water partition coefficient (Wildman–Crippen LogP) is 2.25. The molecule has 2 heterocycles. The second-order valence-corrected chi connectivity index (χ2v) is 6.07. The predicted molar refractivity (Wildman–Crippen MR) is 85.5 cm³/mol. The molecule has 0 spiro atoms. The quantitative estimate of drug-likeness (QED) is 0.886. The highest BCUT2D eigenvalue weighted by atomic mass is 16.2. The molecule has 1 saturated carbocycles. The molecule has 1 fully saturated rings. The van der Waals surface area contributed by atoms with Crippen molar-refractivity contribution in [2.24, 2.45) is 0 Å². The van der Waals surface area contributed by atoms with Gasteiger partial charge in [-0.05, 0) is 25.3 Å². The zero-order valence-electron chi connectivity index (χ0n) is 13.6. The highest BCUT2D eigenvalue weighted by Crippen LogP contribution is 2.28. The van der Waals surface area contributed by atoms with Crippen molar-refractivity contribution in [1.29, 1.82) is 0 Å². The highest BCUT2D eigenvalue weighted by Gasteiger charge is 2.21. The Labute approximate surface area is 136 Å². The first-order valence-corrected chi connectivity index (χ1v) is 8.44. The maximum absolute atomic E-state index is 12.4. The summed E-state index contributed by atoms with van der Waals surface area (Å²) in [4.78, 5) is 12.4. The number of aromatic nitrogens is 5. The summed E-state index contributed by atoms with van der Waals surface area (Å²) in [5.41, 5.74) is 0. The minimum atomic E-state index is -0.281. The van der Waals surface area contributed by atoms with Gasteiger partial charge < -0.3 is 9.88 Å². The monoisotopic (exact) mass is 316 g/mol. The van der Waals surface area contributed by atoms with Crippen LogP contribution in [-0.2, 0) is 11.3 Å². The Morgan fingerprint density at radius 2 is 2.22 bits per heavy atom. The third-order valence-electron chi connectivity index (χ3n) is 4.57. The van der Waals surface area contributed by atoms with Crippen LogP contribution in [0.5, 0.6) is 0 Å². The highest BCUT2D eigenvalue weighted by molar-refractivity contribution is 5.79. The standard InChI is InChI=1S/C16H24N6O/c1-2-14(22-10-6-9-19-22)16(23)17-11-15-20-18-12-21(15)13-7-4-3-5-8-13/h6,9-10,12-14H,2-5,7-8,11H2,1H3,(H,17,23). The maximum atomic E-state index is 12.4. The number of nitrogens with one attached hydrogen (secondary N) is 1. The molecule has 0 radical (unpaired) electrons. The topological polar surface area (TPSA) is 77.6 Å². The van der Waals surface area contributed by atoms with Gasteiger partial charge in [-0.15, -0.1) is 10.2 Å². The Morgan fingerprint density at radius 3 is 2.91 bits per heavy atom. The number of carbonyl (C=O) groups excluding carboxylic acids is 1. The number of hydrogen-bond acceptors (Lipinski definition) is 4. The molecule has 2 aromatic heterocycles. The molecule has 7 nitrogen and oxygen atoms in total. The number of hydrogen-bond donors (Lipinski definition) is 1. The molecular weight excluding hydrogens is 292 g/mol. The van der Waals surface area contributed by atoms with Crippen molar-refractivity contribution in [3.05, 3.63) is 30.6 Å². The van der Waals surface area contributed by atoms with Crippen molar-refractivity contribution in [2.45, 2.75) is 64.1 Å². The fourth-order valence-corrected chi connectivity index (χ4v) is 3.30. The SMILES string of the molecule is CCC(C(=O)NCc1nncn1C1CCCCC1)n1cccn1. The maximum Gasteiger partial charge on any atom is 0.245 e. The van der Waals surface area contributed by atoms with Crippen LogP contribution in [0.25, 0.3) is 0 Å². The average molecular weight is 316 g/mol. The van der Waals surface area contributed by atoms with Crippen LogP contribution in [0.15, 0.2) is 24.8 Å². The Hall–Kier alpha value is -2.18. The van der Waals surface area contributed by atoms with Crippen molar-refractivity contribution >= 4 is 5.91 Å². The third kappa shape index (κ3) is 3.60. The van der Waals surface area contributed by atoms with Crippen LogP contribution in [-0.4, -0.2) is 30.5 Å². The lowest BCUT2D eigenvalue weighted by Crippen LogP contribution is -2.33. The Morgan fingerprint density at radius 1 is 1.39 bits per heavy atom. The van der Waals surface area contributed by atoms with E-state index in [0.717, 1.165) is 5.82 Å². The molecule has 1 unspecified atom stereocenters. The van der Waals surface area contributed by atoms with Gasteiger partial charge in [0.15, 0.2) is 5.82 Å². The molecule has 3 rings (SSSR count). The van der Waals surface area contributed by atoms with E-state index in [-0.39, 0.29) is 11.9 Å². The Balaban J connectivity index is 1.62. The van der Waals surface area contributed by atoms with E-state index in [9.17, 15) is 4.79 Å². The molecule has 1 aliphatic rings. The number of amides is 1. The van der Waals surface area contributed by atoms with E-state index in [1.165, 1.54) is 32.1 Å².